The molecule has 0 bridgehead atoms. The molecule has 0 spiro atoms. The predicted molar refractivity (Wildman–Crippen MR) is 124 cm³/mol. The van der Waals surface area contributed by atoms with E-state index in [0.717, 1.165) is 13.0 Å². The van der Waals surface area contributed by atoms with Gasteiger partial charge in [-0.1, -0.05) is 58.3 Å². The Labute approximate surface area is 191 Å². The molecular weight excluding hydrogens is 400 g/mol. The van der Waals surface area contributed by atoms with Gasteiger partial charge < -0.3 is 33.5 Å². The van der Waals surface area contributed by atoms with E-state index < -0.39 is 6.29 Å². The van der Waals surface area contributed by atoms with Gasteiger partial charge >= 0.3 is 0 Å². The Balaban J connectivity index is 3.11. The Morgan fingerprint density at radius 3 is 1.32 bits per heavy atom. The predicted octanol–water partition coefficient (Wildman–Crippen LogP) is 4.35. The summed E-state index contributed by atoms with van der Waals surface area (Å²) in [6, 6.07) is 0. The van der Waals surface area contributed by atoms with Gasteiger partial charge in [-0.3, -0.25) is 0 Å². The first-order valence-corrected chi connectivity index (χ1v) is 12.5. The highest BCUT2D eigenvalue weighted by Crippen LogP contribution is 2.11. The molecule has 0 radical (unpaired) electrons. The molecule has 0 fully saturated rings. The number of ether oxygens (including phenoxy) is 6. The normalized spacial score (nSPS) is 12.5. The van der Waals surface area contributed by atoms with E-state index in [1.54, 1.807) is 0 Å². The highest BCUT2D eigenvalue weighted by Gasteiger charge is 2.03. The van der Waals surface area contributed by atoms with E-state index in [4.69, 9.17) is 28.4 Å². The summed E-state index contributed by atoms with van der Waals surface area (Å²) in [5, 5.41) is 9.83. The number of unbranched alkanes of at least 4 members (excludes halogenated alkanes) is 8. The standard InChI is InChI=1S/C24H50O7/c1-3-5-6-7-8-9-10-11-12-13-24(25)31-23-22-30-21-20-29-19-18-28-17-16-27-15-14-26-4-2/h24-25H,3-23H2,1-2H3. The largest absolute Gasteiger partial charge is 0.379 e. The molecule has 0 aliphatic carbocycles. The van der Waals surface area contributed by atoms with Crippen molar-refractivity contribution in [2.45, 2.75) is 84.3 Å². The van der Waals surface area contributed by atoms with Gasteiger partial charge in [0.2, 0.25) is 0 Å². The molecule has 0 amide bonds. The fourth-order valence-corrected chi connectivity index (χ4v) is 2.98. The maximum atomic E-state index is 9.83. The van der Waals surface area contributed by atoms with Gasteiger partial charge in [-0.05, 0) is 19.8 Å². The summed E-state index contributed by atoms with van der Waals surface area (Å²) in [5.41, 5.74) is 0. The number of rotatable bonds is 27. The molecule has 0 aromatic heterocycles. The number of hydrogen-bond acceptors (Lipinski definition) is 7. The van der Waals surface area contributed by atoms with Gasteiger partial charge in [0.15, 0.2) is 6.29 Å². The van der Waals surface area contributed by atoms with Crippen LogP contribution in [0.1, 0.15) is 78.1 Å². The SMILES string of the molecule is CCCCCCCCCCCC(O)OCCOCCOCCOCCOCCOCC. The second-order valence-electron chi connectivity index (χ2n) is 7.59. The molecule has 0 saturated carbocycles. The van der Waals surface area contributed by atoms with E-state index in [9.17, 15) is 5.11 Å². The summed E-state index contributed by atoms with van der Waals surface area (Å²) < 4.78 is 32.2. The molecular formula is C24H50O7. The van der Waals surface area contributed by atoms with Crippen molar-refractivity contribution in [3.63, 3.8) is 0 Å². The summed E-state index contributed by atoms with van der Waals surface area (Å²) in [6.45, 7) is 10.3. The first kappa shape index (κ1) is 30.7. The maximum Gasteiger partial charge on any atom is 0.154 e. The molecule has 1 N–H and O–H groups in total. The van der Waals surface area contributed by atoms with E-state index in [1.807, 2.05) is 6.92 Å². The monoisotopic (exact) mass is 450 g/mol. The zero-order valence-corrected chi connectivity index (χ0v) is 20.3. The van der Waals surface area contributed by atoms with Gasteiger partial charge in [0.25, 0.3) is 0 Å². The average Bonchev–Trinajstić information content (AvgIpc) is 2.77. The molecule has 0 rings (SSSR count). The number of aliphatic hydroxyl groups is 1. The Hall–Kier alpha value is -0.280. The topological polar surface area (TPSA) is 75.6 Å². The fraction of sp³-hybridized carbons (Fsp3) is 1.00. The lowest BCUT2D eigenvalue weighted by Crippen LogP contribution is -2.17. The van der Waals surface area contributed by atoms with Crippen molar-refractivity contribution in [1.82, 2.24) is 0 Å². The molecule has 31 heavy (non-hydrogen) atoms. The second-order valence-corrected chi connectivity index (χ2v) is 7.59. The molecule has 7 nitrogen and oxygen atoms in total. The molecule has 0 saturated heterocycles. The third-order valence-corrected chi connectivity index (χ3v) is 4.78. The zero-order valence-electron chi connectivity index (χ0n) is 20.3. The molecule has 0 aromatic rings. The van der Waals surface area contributed by atoms with Crippen LogP contribution >= 0.6 is 0 Å². The third kappa shape index (κ3) is 27.7. The van der Waals surface area contributed by atoms with Crippen LogP contribution in [0.2, 0.25) is 0 Å². The molecule has 0 aliphatic heterocycles. The third-order valence-electron chi connectivity index (χ3n) is 4.78. The molecule has 7 heteroatoms. The lowest BCUT2D eigenvalue weighted by atomic mass is 10.1. The highest BCUT2D eigenvalue weighted by molar-refractivity contribution is 4.49. The summed E-state index contributed by atoms with van der Waals surface area (Å²) >= 11 is 0. The minimum Gasteiger partial charge on any atom is -0.379 e. The van der Waals surface area contributed by atoms with E-state index in [-0.39, 0.29) is 0 Å². The van der Waals surface area contributed by atoms with Crippen LogP contribution in [-0.4, -0.2) is 84.1 Å². The van der Waals surface area contributed by atoms with Crippen molar-refractivity contribution in [3.8, 4) is 0 Å². The van der Waals surface area contributed by atoms with Crippen LogP contribution in [0, 0.1) is 0 Å². The Kier molecular flexibility index (Phi) is 27.5. The average molecular weight is 451 g/mol. The first-order valence-electron chi connectivity index (χ1n) is 12.5. The Morgan fingerprint density at radius 2 is 0.871 bits per heavy atom. The summed E-state index contributed by atoms with van der Waals surface area (Å²) in [5.74, 6) is 0. The van der Waals surface area contributed by atoms with Crippen molar-refractivity contribution < 1.29 is 33.5 Å². The molecule has 0 aliphatic rings. The number of hydrogen-bond donors (Lipinski definition) is 1. The van der Waals surface area contributed by atoms with Crippen LogP contribution < -0.4 is 0 Å². The second kappa shape index (κ2) is 27.8. The van der Waals surface area contributed by atoms with Crippen LogP contribution in [0.25, 0.3) is 0 Å². The molecule has 0 heterocycles. The first-order chi connectivity index (χ1) is 15.3. The quantitative estimate of drug-likeness (QED) is 0.147. The van der Waals surface area contributed by atoms with Gasteiger partial charge in [0.1, 0.15) is 0 Å². The van der Waals surface area contributed by atoms with E-state index in [0.29, 0.717) is 72.5 Å². The van der Waals surface area contributed by atoms with Crippen molar-refractivity contribution >= 4 is 0 Å². The van der Waals surface area contributed by atoms with E-state index >= 15 is 0 Å². The van der Waals surface area contributed by atoms with Crippen LogP contribution in [-0.2, 0) is 28.4 Å². The minimum atomic E-state index is -0.676. The van der Waals surface area contributed by atoms with Gasteiger partial charge in [-0.15, -0.1) is 0 Å². The van der Waals surface area contributed by atoms with E-state index in [2.05, 4.69) is 6.92 Å². The molecule has 1 atom stereocenters. The fourth-order valence-electron chi connectivity index (χ4n) is 2.98. The van der Waals surface area contributed by atoms with Crippen LogP contribution in [0.5, 0.6) is 0 Å². The van der Waals surface area contributed by atoms with Gasteiger partial charge in [0, 0.05) is 6.61 Å². The lowest BCUT2D eigenvalue weighted by Gasteiger charge is -2.12. The smallest absolute Gasteiger partial charge is 0.154 e. The lowest BCUT2D eigenvalue weighted by molar-refractivity contribution is -0.118. The van der Waals surface area contributed by atoms with E-state index in [1.165, 1.54) is 51.4 Å². The van der Waals surface area contributed by atoms with Crippen molar-refractivity contribution in [3.05, 3.63) is 0 Å². The van der Waals surface area contributed by atoms with Gasteiger partial charge in [-0.25, -0.2) is 0 Å². The van der Waals surface area contributed by atoms with Crippen molar-refractivity contribution in [1.29, 1.82) is 0 Å². The molecule has 1 unspecified atom stereocenters. The van der Waals surface area contributed by atoms with Crippen LogP contribution in [0.3, 0.4) is 0 Å². The van der Waals surface area contributed by atoms with Gasteiger partial charge in [-0.2, -0.15) is 0 Å². The van der Waals surface area contributed by atoms with Crippen LogP contribution in [0.4, 0.5) is 0 Å². The Bertz CT molecular complexity index is 318. The van der Waals surface area contributed by atoms with Gasteiger partial charge in [0.05, 0.1) is 66.1 Å². The highest BCUT2D eigenvalue weighted by atomic mass is 16.6. The molecule has 188 valence electrons. The van der Waals surface area contributed by atoms with Crippen molar-refractivity contribution in [2.24, 2.45) is 0 Å². The van der Waals surface area contributed by atoms with Crippen molar-refractivity contribution in [2.75, 3.05) is 72.7 Å². The summed E-state index contributed by atoms with van der Waals surface area (Å²) in [4.78, 5) is 0. The Morgan fingerprint density at radius 1 is 0.484 bits per heavy atom. The minimum absolute atomic E-state index is 0.408. The maximum absolute atomic E-state index is 9.83. The van der Waals surface area contributed by atoms with Crippen LogP contribution in [0.15, 0.2) is 0 Å². The molecule has 0 aromatic carbocycles. The number of aliphatic hydroxyl groups excluding tert-OH is 1. The summed E-state index contributed by atoms with van der Waals surface area (Å²) in [7, 11) is 0. The zero-order chi connectivity index (χ0) is 22.7. The summed E-state index contributed by atoms with van der Waals surface area (Å²) in [6.07, 6.45) is 11.5.